The summed E-state index contributed by atoms with van der Waals surface area (Å²) in [6, 6.07) is 0. The Morgan fingerprint density at radius 2 is 2.57 bits per heavy atom. The van der Waals surface area contributed by atoms with Crippen molar-refractivity contribution in [2.45, 2.75) is 6.23 Å². The van der Waals surface area contributed by atoms with Crippen molar-refractivity contribution in [2.75, 3.05) is 0 Å². The third kappa shape index (κ3) is 0.625. The quantitative estimate of drug-likeness (QED) is 0.204. The molecule has 0 aromatic heterocycles. The van der Waals surface area contributed by atoms with Crippen molar-refractivity contribution in [2.24, 2.45) is 16.8 Å². The van der Waals surface area contributed by atoms with E-state index in [4.69, 9.17) is 11.7 Å². The van der Waals surface area contributed by atoms with Crippen LogP contribution in [0.5, 0.6) is 0 Å². The SMILES string of the molecule is N/N=C1\OC1NN. The second-order valence-electron chi connectivity index (χ2n) is 1.13. The van der Waals surface area contributed by atoms with E-state index in [1.807, 2.05) is 0 Å². The molecular weight excluding hydrogens is 96.0 g/mol. The molecule has 1 atom stereocenters. The van der Waals surface area contributed by atoms with Crippen LogP contribution in [-0.2, 0) is 4.74 Å². The summed E-state index contributed by atoms with van der Waals surface area (Å²) in [5, 5.41) is 3.20. The lowest BCUT2D eigenvalue weighted by atomic mass is 10.8. The first-order valence-corrected chi connectivity index (χ1v) is 1.79. The Labute approximate surface area is 40.3 Å². The van der Waals surface area contributed by atoms with Gasteiger partial charge in [0.2, 0.25) is 6.23 Å². The van der Waals surface area contributed by atoms with Crippen molar-refractivity contribution in [3.8, 4) is 0 Å². The molecule has 5 nitrogen and oxygen atoms in total. The van der Waals surface area contributed by atoms with E-state index in [9.17, 15) is 0 Å². The molecule has 0 bridgehead atoms. The molecule has 0 aromatic rings. The van der Waals surface area contributed by atoms with Crippen LogP contribution in [0.25, 0.3) is 0 Å². The number of nitrogens with one attached hydrogen (secondary N) is 1. The number of nitrogens with two attached hydrogens (primary N) is 2. The molecule has 7 heavy (non-hydrogen) atoms. The Hall–Kier alpha value is -0.810. The van der Waals surface area contributed by atoms with Crippen molar-refractivity contribution in [3.05, 3.63) is 0 Å². The lowest BCUT2D eigenvalue weighted by Crippen LogP contribution is -2.26. The molecule has 0 saturated carbocycles. The Morgan fingerprint density at radius 3 is 2.71 bits per heavy atom. The first-order valence-electron chi connectivity index (χ1n) is 1.79. The van der Waals surface area contributed by atoms with Crippen LogP contribution < -0.4 is 17.1 Å². The molecule has 40 valence electrons. The van der Waals surface area contributed by atoms with Gasteiger partial charge in [-0.2, -0.15) is 0 Å². The molecule has 1 heterocycles. The smallest absolute Gasteiger partial charge is 0.266 e. The molecule has 0 spiro atoms. The summed E-state index contributed by atoms with van der Waals surface area (Å²) < 4.78 is 4.60. The molecule has 5 N–H and O–H groups in total. The lowest BCUT2D eigenvalue weighted by molar-refractivity contribution is 0.398. The summed E-state index contributed by atoms with van der Waals surface area (Å²) in [5.41, 5.74) is 2.31. The topological polar surface area (TPSA) is 89.0 Å². The number of hydrazine groups is 1. The first kappa shape index (κ1) is 4.35. The molecule has 1 fully saturated rings. The third-order valence-corrected chi connectivity index (χ3v) is 0.684. The van der Waals surface area contributed by atoms with E-state index in [2.05, 4.69) is 15.3 Å². The minimum absolute atomic E-state index is 0.231. The van der Waals surface area contributed by atoms with E-state index in [0.717, 1.165) is 0 Å². The molecule has 0 aliphatic carbocycles. The van der Waals surface area contributed by atoms with Gasteiger partial charge in [0.15, 0.2) is 0 Å². The lowest BCUT2D eigenvalue weighted by Gasteiger charge is -1.75. The monoisotopic (exact) mass is 102 g/mol. The van der Waals surface area contributed by atoms with Gasteiger partial charge in [-0.15, -0.1) is 5.10 Å². The number of rotatable bonds is 1. The Kier molecular flexibility index (Phi) is 0.844. The minimum atomic E-state index is -0.231. The van der Waals surface area contributed by atoms with E-state index in [0.29, 0.717) is 5.90 Å². The second kappa shape index (κ2) is 1.36. The van der Waals surface area contributed by atoms with Crippen LogP contribution in [0.15, 0.2) is 5.10 Å². The highest BCUT2D eigenvalue weighted by molar-refractivity contribution is 5.91. The molecule has 0 radical (unpaired) electrons. The van der Waals surface area contributed by atoms with E-state index in [1.165, 1.54) is 0 Å². The van der Waals surface area contributed by atoms with Crippen molar-refractivity contribution >= 4 is 5.90 Å². The number of hydrogen-bond acceptors (Lipinski definition) is 5. The predicted octanol–water partition coefficient (Wildman–Crippen LogP) is -1.92. The molecule has 0 aromatic carbocycles. The molecule has 0 amide bonds. The van der Waals surface area contributed by atoms with E-state index in [-0.39, 0.29) is 6.23 Å². The number of hydrogen-bond donors (Lipinski definition) is 3. The molecule has 1 aliphatic rings. The van der Waals surface area contributed by atoms with E-state index < -0.39 is 0 Å². The van der Waals surface area contributed by atoms with Crippen LogP contribution in [-0.4, -0.2) is 12.1 Å². The fraction of sp³-hybridized carbons (Fsp3) is 0.500. The summed E-state index contributed by atoms with van der Waals surface area (Å²) >= 11 is 0. The van der Waals surface area contributed by atoms with Crippen LogP contribution in [0.1, 0.15) is 0 Å². The van der Waals surface area contributed by atoms with Crippen molar-refractivity contribution in [3.63, 3.8) is 0 Å². The minimum Gasteiger partial charge on any atom is -0.446 e. The van der Waals surface area contributed by atoms with Crippen LogP contribution in [0.3, 0.4) is 0 Å². The maximum atomic E-state index is 4.89. The molecule has 5 heteroatoms. The van der Waals surface area contributed by atoms with Crippen LogP contribution in [0.2, 0.25) is 0 Å². The number of ether oxygens (including phenoxy) is 1. The van der Waals surface area contributed by atoms with Gasteiger partial charge in [-0.05, 0) is 0 Å². The Balaban J connectivity index is 2.31. The van der Waals surface area contributed by atoms with Gasteiger partial charge in [0.25, 0.3) is 5.90 Å². The van der Waals surface area contributed by atoms with Gasteiger partial charge >= 0.3 is 0 Å². The highest BCUT2D eigenvalue weighted by Crippen LogP contribution is 2.07. The molecular formula is C2H6N4O. The average Bonchev–Trinajstić information content (AvgIpc) is 2.43. The normalized spacial score (nSPS) is 32.7. The molecule has 1 aliphatic heterocycles. The summed E-state index contributed by atoms with van der Waals surface area (Å²) in [5.74, 6) is 10.1. The standard InChI is InChI=1S/C2H6N4O/c3-5-1-2(6-4)7-1/h1,5H,3-4H2/b6-2-. The summed E-state index contributed by atoms with van der Waals surface area (Å²) in [6.45, 7) is 0. The zero-order valence-electron chi connectivity index (χ0n) is 3.59. The number of epoxide rings is 1. The van der Waals surface area contributed by atoms with Crippen LogP contribution >= 0.6 is 0 Å². The zero-order chi connectivity index (χ0) is 5.28. The fourth-order valence-electron chi connectivity index (χ4n) is 0.290. The van der Waals surface area contributed by atoms with Gasteiger partial charge in [0, 0.05) is 0 Å². The van der Waals surface area contributed by atoms with Gasteiger partial charge in [-0.25, -0.2) is 5.43 Å². The third-order valence-electron chi connectivity index (χ3n) is 0.684. The number of hydrazone groups is 1. The Bertz CT molecular complexity index is 99.9. The second-order valence-corrected chi connectivity index (χ2v) is 1.13. The summed E-state index contributed by atoms with van der Waals surface area (Å²) in [7, 11) is 0. The largest absolute Gasteiger partial charge is 0.446 e. The maximum absolute atomic E-state index is 4.89. The van der Waals surface area contributed by atoms with Gasteiger partial charge in [0.05, 0.1) is 0 Å². The molecule has 1 unspecified atom stereocenters. The van der Waals surface area contributed by atoms with Crippen molar-refractivity contribution in [1.29, 1.82) is 0 Å². The average molecular weight is 102 g/mol. The van der Waals surface area contributed by atoms with Gasteiger partial charge in [-0.3, -0.25) is 5.84 Å². The van der Waals surface area contributed by atoms with Crippen LogP contribution in [0.4, 0.5) is 0 Å². The highest BCUT2D eigenvalue weighted by Gasteiger charge is 2.33. The van der Waals surface area contributed by atoms with Crippen molar-refractivity contribution < 1.29 is 4.74 Å². The number of nitrogens with zero attached hydrogens (tertiary/aromatic N) is 1. The van der Waals surface area contributed by atoms with Crippen LogP contribution in [0, 0.1) is 0 Å². The first-order chi connectivity index (χ1) is 3.38. The summed E-state index contributed by atoms with van der Waals surface area (Å²) in [6.07, 6.45) is -0.231. The van der Waals surface area contributed by atoms with E-state index >= 15 is 0 Å². The zero-order valence-corrected chi connectivity index (χ0v) is 3.59. The molecule has 1 saturated heterocycles. The van der Waals surface area contributed by atoms with Gasteiger partial charge in [-0.1, -0.05) is 0 Å². The highest BCUT2D eigenvalue weighted by atomic mass is 16.6. The van der Waals surface area contributed by atoms with Crippen molar-refractivity contribution in [1.82, 2.24) is 5.43 Å². The fourth-order valence-corrected chi connectivity index (χ4v) is 0.290. The van der Waals surface area contributed by atoms with Gasteiger partial charge < -0.3 is 10.6 Å². The molecule has 1 rings (SSSR count). The maximum Gasteiger partial charge on any atom is 0.266 e. The Morgan fingerprint density at radius 1 is 1.86 bits per heavy atom. The predicted molar refractivity (Wildman–Crippen MR) is 23.8 cm³/mol. The van der Waals surface area contributed by atoms with Gasteiger partial charge in [0.1, 0.15) is 0 Å². The van der Waals surface area contributed by atoms with E-state index in [1.54, 1.807) is 0 Å². The summed E-state index contributed by atoms with van der Waals surface area (Å²) in [4.78, 5) is 0.